The van der Waals surface area contributed by atoms with Crippen LogP contribution in [0.1, 0.15) is 6.92 Å². The quantitative estimate of drug-likeness (QED) is 0.736. The van der Waals surface area contributed by atoms with Gasteiger partial charge in [0.15, 0.2) is 5.78 Å². The lowest BCUT2D eigenvalue weighted by atomic mass is 10.3. The molecule has 0 aliphatic rings. The number of halogens is 1. The Labute approximate surface area is 80.8 Å². The second kappa shape index (κ2) is 4.09. The van der Waals surface area contributed by atoms with Crippen LogP contribution in [-0.4, -0.2) is 10.8 Å². The molecule has 1 aromatic carbocycles. The van der Waals surface area contributed by atoms with Gasteiger partial charge in [-0.15, -0.1) is 0 Å². The van der Waals surface area contributed by atoms with E-state index in [9.17, 15) is 9.18 Å². The van der Waals surface area contributed by atoms with E-state index in [4.69, 9.17) is 12.2 Å². The maximum atomic E-state index is 12.5. The van der Waals surface area contributed by atoms with E-state index in [0.717, 1.165) is 0 Å². The minimum absolute atomic E-state index is 0.131. The van der Waals surface area contributed by atoms with Crippen LogP contribution in [0, 0.1) is 5.82 Å². The molecule has 0 saturated carbocycles. The summed E-state index contributed by atoms with van der Waals surface area (Å²) in [6, 6.07) is 5.63. The highest BCUT2D eigenvalue weighted by atomic mass is 32.1. The van der Waals surface area contributed by atoms with Gasteiger partial charge in [0.2, 0.25) is 0 Å². The Morgan fingerprint density at radius 2 is 1.92 bits per heavy atom. The first-order valence-electron chi connectivity index (χ1n) is 3.67. The van der Waals surface area contributed by atoms with Crippen LogP contribution in [0.5, 0.6) is 0 Å². The molecule has 2 nitrogen and oxygen atoms in total. The summed E-state index contributed by atoms with van der Waals surface area (Å²) in [6.45, 7) is 1.37. The highest BCUT2D eigenvalue weighted by Crippen LogP contribution is 2.08. The van der Waals surface area contributed by atoms with Crippen molar-refractivity contribution in [3.05, 3.63) is 30.1 Å². The third-order valence-corrected chi connectivity index (χ3v) is 1.81. The van der Waals surface area contributed by atoms with Crippen molar-refractivity contribution in [2.75, 3.05) is 5.32 Å². The summed E-state index contributed by atoms with van der Waals surface area (Å²) < 4.78 is 12.5. The molecule has 0 aromatic heterocycles. The van der Waals surface area contributed by atoms with Crippen molar-refractivity contribution in [3.63, 3.8) is 0 Å². The molecule has 1 N–H and O–H groups in total. The average molecular weight is 197 g/mol. The molecular weight excluding hydrogens is 189 g/mol. The highest BCUT2D eigenvalue weighted by Gasteiger charge is 2.02. The molecule has 0 unspecified atom stereocenters. The Kier molecular flexibility index (Phi) is 3.08. The first-order chi connectivity index (χ1) is 6.09. The van der Waals surface area contributed by atoms with Crippen molar-refractivity contribution >= 4 is 28.7 Å². The molecule has 4 heteroatoms. The van der Waals surface area contributed by atoms with Crippen LogP contribution in [0.4, 0.5) is 10.1 Å². The molecule has 1 rings (SSSR count). The van der Waals surface area contributed by atoms with Crippen LogP contribution in [-0.2, 0) is 4.79 Å². The predicted molar refractivity (Wildman–Crippen MR) is 53.3 cm³/mol. The lowest BCUT2D eigenvalue weighted by molar-refractivity contribution is -0.110. The summed E-state index contributed by atoms with van der Waals surface area (Å²) in [7, 11) is 0. The molecule has 0 heterocycles. The summed E-state index contributed by atoms with van der Waals surface area (Å²) in [5.74, 6) is -0.529. The van der Waals surface area contributed by atoms with Gasteiger partial charge in [0.05, 0.1) is 0 Å². The van der Waals surface area contributed by atoms with Gasteiger partial charge in [0.1, 0.15) is 10.8 Å². The maximum absolute atomic E-state index is 12.5. The standard InChI is InChI=1S/C9H8FNOS/c1-6(12)9(13)11-8-4-2-7(10)3-5-8/h2-5H,1H3,(H,11,13). The van der Waals surface area contributed by atoms with E-state index in [0.29, 0.717) is 5.69 Å². The molecule has 0 fully saturated rings. The fourth-order valence-electron chi connectivity index (χ4n) is 0.752. The number of nitrogens with one attached hydrogen (secondary N) is 1. The highest BCUT2D eigenvalue weighted by molar-refractivity contribution is 7.82. The normalized spacial score (nSPS) is 9.38. The number of Topliss-reactive ketones (excluding diaryl/α,β-unsaturated/α-hetero) is 1. The molecular formula is C9H8FNOS. The van der Waals surface area contributed by atoms with E-state index in [1.165, 1.54) is 31.2 Å². The number of carbonyl (C=O) groups is 1. The van der Waals surface area contributed by atoms with Gasteiger partial charge in [-0.3, -0.25) is 4.79 Å². The third-order valence-electron chi connectivity index (χ3n) is 1.42. The number of anilines is 1. The number of rotatable bonds is 2. The van der Waals surface area contributed by atoms with E-state index in [1.807, 2.05) is 0 Å². The molecule has 0 aliphatic carbocycles. The Balaban J connectivity index is 2.70. The van der Waals surface area contributed by atoms with E-state index in [-0.39, 0.29) is 16.6 Å². The van der Waals surface area contributed by atoms with Gasteiger partial charge in [0, 0.05) is 12.6 Å². The number of carbonyl (C=O) groups excluding carboxylic acids is 1. The number of ketones is 1. The minimum atomic E-state index is -0.320. The predicted octanol–water partition coefficient (Wildman–Crippen LogP) is 2.15. The van der Waals surface area contributed by atoms with E-state index in [1.54, 1.807) is 0 Å². The second-order valence-electron chi connectivity index (χ2n) is 2.52. The van der Waals surface area contributed by atoms with Crippen LogP contribution in [0.2, 0.25) is 0 Å². The van der Waals surface area contributed by atoms with Crippen LogP contribution >= 0.6 is 12.2 Å². The topological polar surface area (TPSA) is 29.1 Å². The molecule has 0 saturated heterocycles. The summed E-state index contributed by atoms with van der Waals surface area (Å²) in [5, 5.41) is 2.68. The molecule has 0 bridgehead atoms. The van der Waals surface area contributed by atoms with Crippen molar-refractivity contribution in [1.29, 1.82) is 0 Å². The first kappa shape index (κ1) is 9.80. The fraction of sp³-hybridized carbons (Fsp3) is 0.111. The molecule has 0 spiro atoms. The van der Waals surface area contributed by atoms with Crippen molar-refractivity contribution in [2.45, 2.75) is 6.92 Å². The fourth-order valence-corrected chi connectivity index (χ4v) is 0.870. The number of benzene rings is 1. The Morgan fingerprint density at radius 1 is 1.38 bits per heavy atom. The van der Waals surface area contributed by atoms with E-state index >= 15 is 0 Å². The van der Waals surface area contributed by atoms with Crippen LogP contribution in [0.15, 0.2) is 24.3 Å². The smallest absolute Gasteiger partial charge is 0.187 e. The monoisotopic (exact) mass is 197 g/mol. The molecule has 0 radical (unpaired) electrons. The summed E-state index contributed by atoms with van der Waals surface area (Å²) in [5.41, 5.74) is 0.613. The van der Waals surface area contributed by atoms with Gasteiger partial charge in [-0.2, -0.15) is 0 Å². The SMILES string of the molecule is CC(=O)C(=S)Nc1ccc(F)cc1. The third kappa shape index (κ3) is 2.91. The average Bonchev–Trinajstić information content (AvgIpc) is 2.08. The molecule has 1 aromatic rings. The lowest BCUT2D eigenvalue weighted by Crippen LogP contribution is -2.17. The van der Waals surface area contributed by atoms with Gasteiger partial charge < -0.3 is 5.32 Å². The van der Waals surface area contributed by atoms with Gasteiger partial charge >= 0.3 is 0 Å². The summed E-state index contributed by atoms with van der Waals surface area (Å²) in [6.07, 6.45) is 0. The number of thiocarbonyl (C=S) groups is 1. The first-order valence-corrected chi connectivity index (χ1v) is 4.08. The van der Waals surface area contributed by atoms with Gasteiger partial charge in [-0.05, 0) is 24.3 Å². The molecule has 0 aliphatic heterocycles. The Bertz CT molecular complexity index is 334. The number of hydrogen-bond donors (Lipinski definition) is 1. The maximum Gasteiger partial charge on any atom is 0.187 e. The van der Waals surface area contributed by atoms with Crippen molar-refractivity contribution in [2.24, 2.45) is 0 Å². The Hall–Kier alpha value is -1.29. The zero-order chi connectivity index (χ0) is 9.84. The molecule has 68 valence electrons. The zero-order valence-corrected chi connectivity index (χ0v) is 7.82. The second-order valence-corrected chi connectivity index (χ2v) is 2.93. The number of hydrogen-bond acceptors (Lipinski definition) is 2. The van der Waals surface area contributed by atoms with Gasteiger partial charge in [-0.25, -0.2) is 4.39 Å². The minimum Gasteiger partial charge on any atom is -0.344 e. The molecule has 13 heavy (non-hydrogen) atoms. The van der Waals surface area contributed by atoms with Gasteiger partial charge in [-0.1, -0.05) is 12.2 Å². The van der Waals surface area contributed by atoms with Crippen LogP contribution in [0.25, 0.3) is 0 Å². The van der Waals surface area contributed by atoms with Crippen molar-refractivity contribution < 1.29 is 9.18 Å². The largest absolute Gasteiger partial charge is 0.344 e. The van der Waals surface area contributed by atoms with Crippen LogP contribution < -0.4 is 5.32 Å². The van der Waals surface area contributed by atoms with Crippen molar-refractivity contribution in [3.8, 4) is 0 Å². The molecule has 0 amide bonds. The van der Waals surface area contributed by atoms with Crippen LogP contribution in [0.3, 0.4) is 0 Å². The lowest BCUT2D eigenvalue weighted by Gasteiger charge is -2.03. The van der Waals surface area contributed by atoms with E-state index < -0.39 is 0 Å². The molecule has 0 atom stereocenters. The zero-order valence-electron chi connectivity index (χ0n) is 7.00. The van der Waals surface area contributed by atoms with Crippen molar-refractivity contribution in [1.82, 2.24) is 0 Å². The van der Waals surface area contributed by atoms with E-state index in [2.05, 4.69) is 5.32 Å². The summed E-state index contributed by atoms with van der Waals surface area (Å²) in [4.78, 5) is 10.9. The summed E-state index contributed by atoms with van der Waals surface area (Å²) >= 11 is 4.74. The Morgan fingerprint density at radius 3 is 2.38 bits per heavy atom. The van der Waals surface area contributed by atoms with Gasteiger partial charge in [0.25, 0.3) is 0 Å².